The fraction of sp³-hybridized carbons (Fsp3) is 0.400. The van der Waals surface area contributed by atoms with Gasteiger partial charge in [-0.25, -0.2) is 4.39 Å². The van der Waals surface area contributed by atoms with Gasteiger partial charge in [0.2, 0.25) is 0 Å². The van der Waals surface area contributed by atoms with Crippen LogP contribution in [0.3, 0.4) is 0 Å². The molecule has 0 amide bonds. The fourth-order valence-electron chi connectivity index (χ4n) is 1.41. The molecular formula is C10H10F4O. The van der Waals surface area contributed by atoms with E-state index in [1.807, 2.05) is 0 Å². The molecule has 5 heteroatoms. The Morgan fingerprint density at radius 3 is 2.27 bits per heavy atom. The van der Waals surface area contributed by atoms with Gasteiger partial charge >= 0.3 is 6.18 Å². The number of hydrogen-bond acceptors (Lipinski definition) is 1. The highest BCUT2D eigenvalue weighted by molar-refractivity contribution is 5.42. The minimum Gasteiger partial charge on any atom is -0.496 e. The number of methoxy groups -OCH3 is 1. The Morgan fingerprint density at radius 1 is 1.27 bits per heavy atom. The number of halogens is 4. The topological polar surface area (TPSA) is 9.23 Å². The molecule has 1 rings (SSSR count). The predicted octanol–water partition coefficient (Wildman–Crippen LogP) is 3.42. The van der Waals surface area contributed by atoms with E-state index in [9.17, 15) is 17.6 Å². The third-order valence-electron chi connectivity index (χ3n) is 2.05. The van der Waals surface area contributed by atoms with Crippen molar-refractivity contribution in [3.8, 4) is 5.75 Å². The third kappa shape index (κ3) is 2.40. The molecule has 0 heterocycles. The lowest BCUT2D eigenvalue weighted by molar-refractivity contribution is -0.138. The summed E-state index contributed by atoms with van der Waals surface area (Å²) in [5.41, 5.74) is -0.992. The van der Waals surface area contributed by atoms with Gasteiger partial charge in [-0.1, -0.05) is 6.92 Å². The summed E-state index contributed by atoms with van der Waals surface area (Å²) in [5.74, 6) is -1.01. The van der Waals surface area contributed by atoms with Crippen molar-refractivity contribution in [3.05, 3.63) is 29.1 Å². The number of hydrogen-bond donors (Lipinski definition) is 0. The Morgan fingerprint density at radius 2 is 1.87 bits per heavy atom. The normalized spacial score (nSPS) is 11.6. The van der Waals surface area contributed by atoms with E-state index in [2.05, 4.69) is 0 Å². The summed E-state index contributed by atoms with van der Waals surface area (Å²) < 4.78 is 55.1. The van der Waals surface area contributed by atoms with Crippen LogP contribution in [0.15, 0.2) is 12.1 Å². The second kappa shape index (κ2) is 4.08. The van der Waals surface area contributed by atoms with Crippen LogP contribution in [0.5, 0.6) is 5.75 Å². The van der Waals surface area contributed by atoms with Crippen LogP contribution in [0.1, 0.15) is 18.1 Å². The molecule has 0 atom stereocenters. The molecule has 1 aromatic carbocycles. The smallest absolute Gasteiger partial charge is 0.416 e. The predicted molar refractivity (Wildman–Crippen MR) is 47.3 cm³/mol. The van der Waals surface area contributed by atoms with Crippen molar-refractivity contribution in [2.45, 2.75) is 19.5 Å². The van der Waals surface area contributed by atoms with Gasteiger partial charge in [-0.2, -0.15) is 13.2 Å². The molecule has 15 heavy (non-hydrogen) atoms. The summed E-state index contributed by atoms with van der Waals surface area (Å²) in [4.78, 5) is 0. The van der Waals surface area contributed by atoms with Gasteiger partial charge in [-0.3, -0.25) is 0 Å². The van der Waals surface area contributed by atoms with Crippen molar-refractivity contribution in [1.82, 2.24) is 0 Å². The average Bonchev–Trinajstić information content (AvgIpc) is 2.15. The molecule has 1 nitrogen and oxygen atoms in total. The standard InChI is InChI=1S/C10H10F4O/c1-3-7-8(10(12,13)14)4-6(11)5-9(7)15-2/h4-5H,3H2,1-2H3. The minimum absolute atomic E-state index is 0.0219. The van der Waals surface area contributed by atoms with Crippen LogP contribution < -0.4 is 4.74 Å². The zero-order valence-corrected chi connectivity index (χ0v) is 8.28. The Kier molecular flexibility index (Phi) is 3.21. The highest BCUT2D eigenvalue weighted by Gasteiger charge is 2.34. The van der Waals surface area contributed by atoms with E-state index >= 15 is 0 Å². The highest BCUT2D eigenvalue weighted by Crippen LogP contribution is 2.36. The van der Waals surface area contributed by atoms with E-state index in [0.717, 1.165) is 6.07 Å². The van der Waals surface area contributed by atoms with E-state index in [1.165, 1.54) is 7.11 Å². The van der Waals surface area contributed by atoms with E-state index in [0.29, 0.717) is 6.07 Å². The summed E-state index contributed by atoms with van der Waals surface area (Å²) in [7, 11) is 1.22. The van der Waals surface area contributed by atoms with Gasteiger partial charge in [0, 0.05) is 11.6 Å². The number of alkyl halides is 3. The van der Waals surface area contributed by atoms with Crippen LogP contribution in [0.25, 0.3) is 0 Å². The van der Waals surface area contributed by atoms with Gasteiger partial charge < -0.3 is 4.74 Å². The van der Waals surface area contributed by atoms with Crippen LogP contribution in [0.4, 0.5) is 17.6 Å². The van der Waals surface area contributed by atoms with Crippen molar-refractivity contribution < 1.29 is 22.3 Å². The maximum atomic E-state index is 12.9. The van der Waals surface area contributed by atoms with Gasteiger partial charge in [0.25, 0.3) is 0 Å². The van der Waals surface area contributed by atoms with Gasteiger partial charge in [-0.15, -0.1) is 0 Å². The van der Waals surface area contributed by atoms with Crippen molar-refractivity contribution in [2.24, 2.45) is 0 Å². The molecule has 0 saturated carbocycles. The highest BCUT2D eigenvalue weighted by atomic mass is 19.4. The molecular weight excluding hydrogens is 212 g/mol. The van der Waals surface area contributed by atoms with Crippen LogP contribution in [0, 0.1) is 5.82 Å². The van der Waals surface area contributed by atoms with Crippen molar-refractivity contribution in [1.29, 1.82) is 0 Å². The molecule has 0 unspecified atom stereocenters. The molecule has 0 bridgehead atoms. The monoisotopic (exact) mass is 222 g/mol. The summed E-state index contributed by atoms with van der Waals surface area (Å²) in [6, 6.07) is 1.44. The number of rotatable bonds is 2. The fourth-order valence-corrected chi connectivity index (χ4v) is 1.41. The van der Waals surface area contributed by atoms with Gasteiger partial charge in [-0.05, 0) is 12.5 Å². The summed E-state index contributed by atoms with van der Waals surface area (Å²) in [6.07, 6.45) is -4.42. The van der Waals surface area contributed by atoms with Crippen molar-refractivity contribution in [2.75, 3.05) is 7.11 Å². The lowest BCUT2D eigenvalue weighted by atomic mass is 10.0. The van der Waals surface area contributed by atoms with Crippen LogP contribution >= 0.6 is 0 Å². The SMILES string of the molecule is CCc1c(OC)cc(F)cc1C(F)(F)F. The molecule has 0 fully saturated rings. The minimum atomic E-state index is -4.55. The quantitative estimate of drug-likeness (QED) is 0.696. The van der Waals surface area contributed by atoms with Gasteiger partial charge in [0.1, 0.15) is 11.6 Å². The van der Waals surface area contributed by atoms with E-state index in [4.69, 9.17) is 4.74 Å². The summed E-state index contributed by atoms with van der Waals surface area (Å²) in [6.45, 7) is 1.56. The molecule has 0 aromatic heterocycles. The van der Waals surface area contributed by atoms with Crippen LogP contribution in [-0.4, -0.2) is 7.11 Å². The Labute approximate surface area is 84.7 Å². The van der Waals surface area contributed by atoms with Gasteiger partial charge in [0.15, 0.2) is 0 Å². The molecule has 0 radical (unpaired) electrons. The van der Waals surface area contributed by atoms with Crippen molar-refractivity contribution >= 4 is 0 Å². The first-order chi connectivity index (χ1) is 6.90. The molecule has 1 aromatic rings. The maximum Gasteiger partial charge on any atom is 0.416 e. The Balaban J connectivity index is 3.42. The second-order valence-electron chi connectivity index (χ2n) is 2.99. The Bertz CT molecular complexity index is 357. The molecule has 0 spiro atoms. The lowest BCUT2D eigenvalue weighted by Crippen LogP contribution is -2.10. The van der Waals surface area contributed by atoms with Gasteiger partial charge in [0.05, 0.1) is 12.7 Å². The van der Waals surface area contributed by atoms with E-state index < -0.39 is 17.6 Å². The number of ether oxygens (including phenoxy) is 1. The lowest BCUT2D eigenvalue weighted by Gasteiger charge is -2.15. The second-order valence-corrected chi connectivity index (χ2v) is 2.99. The van der Waals surface area contributed by atoms with Crippen LogP contribution in [0.2, 0.25) is 0 Å². The molecule has 0 aliphatic carbocycles. The maximum absolute atomic E-state index is 12.9. The molecule has 0 saturated heterocycles. The largest absolute Gasteiger partial charge is 0.496 e. The zero-order chi connectivity index (χ0) is 11.6. The van der Waals surface area contributed by atoms with Crippen LogP contribution in [-0.2, 0) is 12.6 Å². The van der Waals surface area contributed by atoms with E-state index in [-0.39, 0.29) is 17.7 Å². The third-order valence-corrected chi connectivity index (χ3v) is 2.05. The first kappa shape index (κ1) is 11.8. The first-order valence-electron chi connectivity index (χ1n) is 4.33. The summed E-state index contributed by atoms with van der Waals surface area (Å²) in [5, 5.41) is 0. The Hall–Kier alpha value is -1.26. The van der Waals surface area contributed by atoms with Crippen molar-refractivity contribution in [3.63, 3.8) is 0 Å². The summed E-state index contributed by atoms with van der Waals surface area (Å²) >= 11 is 0. The first-order valence-corrected chi connectivity index (χ1v) is 4.33. The number of benzene rings is 1. The van der Waals surface area contributed by atoms with E-state index in [1.54, 1.807) is 6.92 Å². The average molecular weight is 222 g/mol. The molecule has 0 aliphatic rings. The molecule has 0 aliphatic heterocycles. The molecule has 0 N–H and O–H groups in total. The molecule has 84 valence electrons. The zero-order valence-electron chi connectivity index (χ0n) is 8.28.